The van der Waals surface area contributed by atoms with Gasteiger partial charge in [0.2, 0.25) is 0 Å². The highest BCUT2D eigenvalue weighted by Gasteiger charge is 2.31. The highest BCUT2D eigenvalue weighted by Crippen LogP contribution is 2.44. The van der Waals surface area contributed by atoms with Crippen LogP contribution in [0.25, 0.3) is 22.3 Å². The van der Waals surface area contributed by atoms with E-state index in [-0.39, 0.29) is 22.1 Å². The van der Waals surface area contributed by atoms with E-state index in [4.69, 9.17) is 0 Å². The van der Waals surface area contributed by atoms with Gasteiger partial charge in [-0.25, -0.2) is 22.0 Å². The lowest BCUT2D eigenvalue weighted by atomic mass is 9.96. The van der Waals surface area contributed by atoms with Crippen LogP contribution < -0.4 is 0 Å². The van der Waals surface area contributed by atoms with Crippen LogP contribution in [-0.4, -0.2) is 23.9 Å². The molecule has 5 rings (SSSR count). The summed E-state index contributed by atoms with van der Waals surface area (Å²) in [6.45, 7) is 1.95. The van der Waals surface area contributed by atoms with Crippen LogP contribution in [0.1, 0.15) is 45.1 Å². The number of carboxylic acids is 1. The highest BCUT2D eigenvalue weighted by atomic mass is 32.2. The average molecular weight is 508 g/mol. The second-order valence-electron chi connectivity index (χ2n) is 8.77. The number of aromatic nitrogens is 1. The van der Waals surface area contributed by atoms with Gasteiger partial charge in [-0.15, -0.1) is 0 Å². The van der Waals surface area contributed by atoms with E-state index in [1.165, 1.54) is 35.8 Å². The zero-order valence-electron chi connectivity index (χ0n) is 18.9. The number of rotatable bonds is 7. The second-order valence-corrected chi connectivity index (χ2v) is 11.7. The minimum atomic E-state index is -3.91. The molecule has 35 heavy (non-hydrogen) atoms. The number of carbonyl (C=O) groups is 1. The largest absolute Gasteiger partial charge is 0.478 e. The Morgan fingerprint density at radius 1 is 1.06 bits per heavy atom. The van der Waals surface area contributed by atoms with Crippen LogP contribution in [0.4, 0.5) is 4.39 Å². The number of hydrogen-bond donors (Lipinski definition) is 1. The molecule has 0 unspecified atom stereocenters. The smallest absolute Gasteiger partial charge is 0.335 e. The quantitative estimate of drug-likeness (QED) is 0.310. The summed E-state index contributed by atoms with van der Waals surface area (Å²) >= 11 is 1.36. The van der Waals surface area contributed by atoms with Crippen LogP contribution in [0.2, 0.25) is 0 Å². The number of halogens is 1. The third-order valence-corrected chi connectivity index (χ3v) is 8.68. The number of sulfone groups is 1. The summed E-state index contributed by atoms with van der Waals surface area (Å²) in [4.78, 5) is 12.6. The molecule has 8 heteroatoms. The molecule has 0 amide bonds. The molecule has 0 atom stereocenters. The SMILES string of the molecule is Cc1sncc1-c1ccc(-c2cccc(F)c2)c(CS(=O)(=O)c2cc(C(=O)O)ccc2C2CC2)c1. The molecule has 1 aromatic heterocycles. The first-order valence-electron chi connectivity index (χ1n) is 11.1. The predicted octanol–water partition coefficient (Wildman–Crippen LogP) is 6.47. The molecule has 0 spiro atoms. The maximum atomic E-state index is 14.0. The van der Waals surface area contributed by atoms with Crippen molar-refractivity contribution in [3.8, 4) is 22.3 Å². The summed E-state index contributed by atoms with van der Waals surface area (Å²) in [5.41, 5.74) is 4.03. The molecule has 0 saturated heterocycles. The number of nitrogens with zero attached hydrogens (tertiary/aromatic N) is 1. The summed E-state index contributed by atoms with van der Waals surface area (Å²) in [5.74, 6) is -1.81. The minimum Gasteiger partial charge on any atom is -0.478 e. The van der Waals surface area contributed by atoms with Crippen LogP contribution in [0.3, 0.4) is 0 Å². The number of carboxylic acid groups (broad SMARTS) is 1. The standard InChI is InChI=1S/C27H22FNO4S2/c1-16-25(14-29-34-16)19-7-9-23(18-3-2-4-22(28)12-18)21(11-19)15-35(32,33)26-13-20(27(30)31)8-10-24(26)17-5-6-17/h2-4,7-14,17H,5-6,15H2,1H3,(H,30,31). The van der Waals surface area contributed by atoms with Crippen molar-refractivity contribution in [3.63, 3.8) is 0 Å². The normalized spacial score (nSPS) is 13.7. The predicted molar refractivity (Wildman–Crippen MR) is 134 cm³/mol. The number of benzene rings is 3. The van der Waals surface area contributed by atoms with Crippen LogP contribution >= 0.6 is 11.5 Å². The Labute approximate surface area is 207 Å². The molecule has 3 aromatic carbocycles. The summed E-state index contributed by atoms with van der Waals surface area (Å²) in [6.07, 6.45) is 3.50. The lowest BCUT2D eigenvalue weighted by Crippen LogP contribution is -2.11. The molecule has 1 aliphatic rings. The van der Waals surface area contributed by atoms with E-state index in [1.54, 1.807) is 24.4 Å². The Hall–Kier alpha value is -3.36. The number of hydrogen-bond acceptors (Lipinski definition) is 5. The van der Waals surface area contributed by atoms with Gasteiger partial charge >= 0.3 is 5.97 Å². The third-order valence-electron chi connectivity index (χ3n) is 6.26. The number of aromatic carboxylic acids is 1. The molecule has 1 aliphatic carbocycles. The summed E-state index contributed by atoms with van der Waals surface area (Å²) in [5, 5.41) is 9.46. The van der Waals surface area contributed by atoms with Gasteiger partial charge in [-0.1, -0.05) is 30.3 Å². The zero-order chi connectivity index (χ0) is 24.7. The maximum absolute atomic E-state index is 14.0. The fourth-order valence-electron chi connectivity index (χ4n) is 4.35. The molecular weight excluding hydrogens is 485 g/mol. The van der Waals surface area contributed by atoms with Crippen molar-refractivity contribution >= 4 is 27.3 Å². The first-order chi connectivity index (χ1) is 16.7. The van der Waals surface area contributed by atoms with E-state index in [0.29, 0.717) is 22.3 Å². The van der Waals surface area contributed by atoms with Crippen LogP contribution in [0.15, 0.2) is 71.8 Å². The van der Waals surface area contributed by atoms with Crippen LogP contribution in [-0.2, 0) is 15.6 Å². The van der Waals surface area contributed by atoms with Gasteiger partial charge in [-0.05, 0) is 95.4 Å². The molecule has 0 bridgehead atoms. The topological polar surface area (TPSA) is 84.3 Å². The van der Waals surface area contributed by atoms with Crippen molar-refractivity contribution in [2.45, 2.75) is 36.3 Å². The van der Waals surface area contributed by atoms with Crippen molar-refractivity contribution in [2.24, 2.45) is 0 Å². The molecule has 1 N–H and O–H groups in total. The summed E-state index contributed by atoms with van der Waals surface area (Å²) < 4.78 is 45.8. The molecule has 178 valence electrons. The van der Waals surface area contributed by atoms with Crippen LogP contribution in [0, 0.1) is 12.7 Å². The van der Waals surface area contributed by atoms with Gasteiger partial charge in [0.05, 0.1) is 16.2 Å². The van der Waals surface area contributed by atoms with Gasteiger partial charge in [0.1, 0.15) is 5.82 Å². The van der Waals surface area contributed by atoms with Crippen molar-refractivity contribution in [2.75, 3.05) is 0 Å². The van der Waals surface area contributed by atoms with E-state index in [1.807, 2.05) is 25.1 Å². The molecule has 0 aliphatic heterocycles. The van der Waals surface area contributed by atoms with Gasteiger partial charge in [0.15, 0.2) is 9.84 Å². The fraction of sp³-hybridized carbons (Fsp3) is 0.185. The van der Waals surface area contributed by atoms with E-state index in [2.05, 4.69) is 4.37 Å². The number of aryl methyl sites for hydroxylation is 1. The van der Waals surface area contributed by atoms with Crippen molar-refractivity contribution in [1.29, 1.82) is 0 Å². The highest BCUT2D eigenvalue weighted by molar-refractivity contribution is 7.90. The molecule has 1 fully saturated rings. The van der Waals surface area contributed by atoms with Gasteiger partial charge < -0.3 is 5.11 Å². The second kappa shape index (κ2) is 9.02. The van der Waals surface area contributed by atoms with Gasteiger partial charge in [-0.2, -0.15) is 0 Å². The van der Waals surface area contributed by atoms with E-state index in [0.717, 1.165) is 28.8 Å². The molecule has 4 aromatic rings. The monoisotopic (exact) mass is 507 g/mol. The Bertz CT molecular complexity index is 1560. The van der Waals surface area contributed by atoms with Crippen molar-refractivity contribution in [3.05, 3.63) is 94.2 Å². The minimum absolute atomic E-state index is 0.0591. The Kier molecular flexibility index (Phi) is 6.02. The Morgan fingerprint density at radius 3 is 2.49 bits per heavy atom. The third kappa shape index (κ3) is 4.76. The van der Waals surface area contributed by atoms with Crippen molar-refractivity contribution in [1.82, 2.24) is 4.37 Å². The lowest BCUT2D eigenvalue weighted by molar-refractivity contribution is 0.0696. The first kappa shape index (κ1) is 23.4. The average Bonchev–Trinajstić information content (AvgIpc) is 3.58. The fourth-order valence-corrected chi connectivity index (χ4v) is 6.63. The summed E-state index contributed by atoms with van der Waals surface area (Å²) in [6, 6.07) is 15.9. The maximum Gasteiger partial charge on any atom is 0.335 e. The van der Waals surface area contributed by atoms with Gasteiger partial charge in [0, 0.05) is 16.6 Å². The van der Waals surface area contributed by atoms with E-state index in [9.17, 15) is 22.7 Å². The lowest BCUT2D eigenvalue weighted by Gasteiger charge is -2.15. The van der Waals surface area contributed by atoms with E-state index >= 15 is 0 Å². The van der Waals surface area contributed by atoms with Gasteiger partial charge in [0.25, 0.3) is 0 Å². The molecular formula is C27H22FNO4S2. The summed E-state index contributed by atoms with van der Waals surface area (Å²) in [7, 11) is -3.91. The van der Waals surface area contributed by atoms with Gasteiger partial charge in [-0.3, -0.25) is 0 Å². The Balaban J connectivity index is 1.65. The first-order valence-corrected chi connectivity index (χ1v) is 13.6. The zero-order valence-corrected chi connectivity index (χ0v) is 20.5. The van der Waals surface area contributed by atoms with Crippen molar-refractivity contribution < 1.29 is 22.7 Å². The van der Waals surface area contributed by atoms with E-state index < -0.39 is 21.6 Å². The molecule has 1 heterocycles. The molecule has 0 radical (unpaired) electrons. The van der Waals surface area contributed by atoms with Crippen LogP contribution in [0.5, 0.6) is 0 Å². The molecule has 1 saturated carbocycles. The molecule has 5 nitrogen and oxygen atoms in total. The Morgan fingerprint density at radius 2 is 1.83 bits per heavy atom.